The van der Waals surface area contributed by atoms with Crippen LogP contribution in [-0.4, -0.2) is 32.7 Å². The van der Waals surface area contributed by atoms with Gasteiger partial charge in [0.1, 0.15) is 5.76 Å². The molecule has 178 valence electrons. The predicted molar refractivity (Wildman–Crippen MR) is 123 cm³/mol. The van der Waals surface area contributed by atoms with Crippen LogP contribution >= 0.6 is 0 Å². The largest absolute Gasteiger partial charge is 0.469 e. The van der Waals surface area contributed by atoms with Gasteiger partial charge in [-0.15, -0.1) is 0 Å². The first kappa shape index (κ1) is 24.6. The summed E-state index contributed by atoms with van der Waals surface area (Å²) in [5.41, 5.74) is 2.16. The minimum atomic E-state index is -0.412. The molecule has 1 aromatic heterocycles. The molecule has 1 aromatic rings. The van der Waals surface area contributed by atoms with E-state index in [0.29, 0.717) is 31.3 Å². The van der Waals surface area contributed by atoms with E-state index in [-0.39, 0.29) is 17.4 Å². The van der Waals surface area contributed by atoms with Crippen LogP contribution in [0.25, 0.3) is 0 Å². The summed E-state index contributed by atoms with van der Waals surface area (Å²) < 4.78 is 15.6. The van der Waals surface area contributed by atoms with Gasteiger partial charge in [0.05, 0.1) is 38.9 Å². The van der Waals surface area contributed by atoms with Crippen LogP contribution in [0.2, 0.25) is 0 Å². The highest BCUT2D eigenvalue weighted by Gasteiger charge is 2.57. The SMILES string of the molecule is C=C1CCC2C(C)(C(=O)OC)CCCC2(C)C1CCc1ccoc1CNCCC(=O)OC. The standard InChI is InChI=1S/C26H39NO5/c1-18-7-10-22-25(2,13-6-14-26(22,3)24(29)31-5)20(18)9-8-19-12-16-32-21(19)17-27-15-11-23(28)30-4/h12,16,20,22,27H,1,6-11,13-15,17H2,2-5H3. The zero-order valence-corrected chi connectivity index (χ0v) is 20.1. The van der Waals surface area contributed by atoms with Crippen LogP contribution in [0.3, 0.4) is 0 Å². The van der Waals surface area contributed by atoms with Gasteiger partial charge in [-0.2, -0.15) is 0 Å². The average Bonchev–Trinajstić information content (AvgIpc) is 3.22. The van der Waals surface area contributed by atoms with E-state index in [0.717, 1.165) is 50.7 Å². The van der Waals surface area contributed by atoms with E-state index >= 15 is 0 Å². The molecule has 0 bridgehead atoms. The highest BCUT2D eigenvalue weighted by atomic mass is 16.5. The molecule has 2 saturated carbocycles. The van der Waals surface area contributed by atoms with Crippen molar-refractivity contribution in [3.63, 3.8) is 0 Å². The highest BCUT2D eigenvalue weighted by Crippen LogP contribution is 2.62. The number of nitrogens with one attached hydrogen (secondary N) is 1. The fourth-order valence-electron chi connectivity index (χ4n) is 6.50. The van der Waals surface area contributed by atoms with Crippen LogP contribution in [0.5, 0.6) is 0 Å². The van der Waals surface area contributed by atoms with E-state index in [9.17, 15) is 9.59 Å². The van der Waals surface area contributed by atoms with Gasteiger partial charge in [-0.3, -0.25) is 9.59 Å². The maximum absolute atomic E-state index is 12.8. The molecule has 4 unspecified atom stereocenters. The Labute approximate surface area is 192 Å². The summed E-state index contributed by atoms with van der Waals surface area (Å²) in [6.07, 6.45) is 9.05. The van der Waals surface area contributed by atoms with E-state index in [1.807, 2.05) is 6.07 Å². The van der Waals surface area contributed by atoms with Gasteiger partial charge in [0.25, 0.3) is 0 Å². The number of rotatable bonds is 9. The topological polar surface area (TPSA) is 77.8 Å². The van der Waals surface area contributed by atoms with E-state index in [4.69, 9.17) is 9.15 Å². The van der Waals surface area contributed by atoms with Gasteiger partial charge in [0.2, 0.25) is 0 Å². The van der Waals surface area contributed by atoms with Gasteiger partial charge in [0, 0.05) is 6.54 Å². The molecule has 6 heteroatoms. The predicted octanol–water partition coefficient (Wildman–Crippen LogP) is 4.82. The Morgan fingerprint density at radius 2 is 2.03 bits per heavy atom. The quantitative estimate of drug-likeness (QED) is 0.334. The second-order valence-electron chi connectivity index (χ2n) is 9.98. The molecule has 4 atom stereocenters. The van der Waals surface area contributed by atoms with Crippen molar-refractivity contribution in [2.24, 2.45) is 22.7 Å². The highest BCUT2D eigenvalue weighted by molar-refractivity contribution is 5.77. The van der Waals surface area contributed by atoms with Crippen LogP contribution in [0.4, 0.5) is 0 Å². The van der Waals surface area contributed by atoms with Gasteiger partial charge in [-0.1, -0.05) is 25.5 Å². The Balaban J connectivity index is 1.67. The van der Waals surface area contributed by atoms with Gasteiger partial charge >= 0.3 is 11.9 Å². The fourth-order valence-corrected chi connectivity index (χ4v) is 6.50. The number of carbonyl (C=O) groups excluding carboxylic acids is 2. The Hall–Kier alpha value is -2.08. The van der Waals surface area contributed by atoms with Gasteiger partial charge in [0.15, 0.2) is 0 Å². The molecule has 0 aliphatic heterocycles. The molecule has 0 amide bonds. The van der Waals surface area contributed by atoms with Crippen molar-refractivity contribution in [3.05, 3.63) is 35.8 Å². The van der Waals surface area contributed by atoms with E-state index in [1.54, 1.807) is 6.26 Å². The third kappa shape index (κ3) is 4.80. The number of hydrogen-bond acceptors (Lipinski definition) is 6. The number of methoxy groups -OCH3 is 2. The molecule has 0 spiro atoms. The summed E-state index contributed by atoms with van der Waals surface area (Å²) in [6.45, 7) is 10.1. The Bertz CT molecular complexity index is 830. The first-order valence-corrected chi connectivity index (χ1v) is 11.8. The number of esters is 2. The summed E-state index contributed by atoms with van der Waals surface area (Å²) in [6, 6.07) is 2.04. The van der Waals surface area contributed by atoms with Crippen molar-refractivity contribution < 1.29 is 23.5 Å². The minimum Gasteiger partial charge on any atom is -0.469 e. The van der Waals surface area contributed by atoms with Crippen molar-refractivity contribution in [3.8, 4) is 0 Å². The molecule has 1 heterocycles. The summed E-state index contributed by atoms with van der Waals surface area (Å²) in [5.74, 6) is 1.33. The normalized spacial score (nSPS) is 29.9. The summed E-state index contributed by atoms with van der Waals surface area (Å²) in [7, 11) is 2.91. The zero-order chi connectivity index (χ0) is 23.4. The molecule has 2 fully saturated rings. The van der Waals surface area contributed by atoms with Crippen molar-refractivity contribution >= 4 is 11.9 Å². The number of aryl methyl sites for hydroxylation is 1. The fraction of sp³-hybridized carbons (Fsp3) is 0.692. The third-order valence-electron chi connectivity index (χ3n) is 8.23. The van der Waals surface area contributed by atoms with Crippen LogP contribution in [0.1, 0.15) is 70.1 Å². The molecule has 2 aliphatic rings. The lowest BCUT2D eigenvalue weighted by atomic mass is 9.46. The van der Waals surface area contributed by atoms with Crippen molar-refractivity contribution in [2.75, 3.05) is 20.8 Å². The molecule has 6 nitrogen and oxygen atoms in total. The van der Waals surface area contributed by atoms with Crippen molar-refractivity contribution in [1.29, 1.82) is 0 Å². The number of carbonyl (C=O) groups is 2. The first-order valence-electron chi connectivity index (χ1n) is 11.8. The molecular weight excluding hydrogens is 406 g/mol. The van der Waals surface area contributed by atoms with Gasteiger partial charge < -0.3 is 19.2 Å². The second-order valence-corrected chi connectivity index (χ2v) is 9.98. The monoisotopic (exact) mass is 445 g/mol. The Kier molecular flexibility index (Phi) is 7.86. The van der Waals surface area contributed by atoms with Crippen LogP contribution < -0.4 is 5.32 Å². The lowest BCUT2D eigenvalue weighted by molar-refractivity contribution is -0.168. The van der Waals surface area contributed by atoms with E-state index in [1.165, 1.54) is 25.4 Å². The maximum Gasteiger partial charge on any atom is 0.311 e. The molecule has 0 saturated heterocycles. The molecule has 0 aromatic carbocycles. The summed E-state index contributed by atoms with van der Waals surface area (Å²) in [4.78, 5) is 24.0. The number of furan rings is 1. The lowest BCUT2D eigenvalue weighted by Gasteiger charge is -2.57. The molecule has 1 N–H and O–H groups in total. The Morgan fingerprint density at radius 3 is 2.75 bits per heavy atom. The first-order chi connectivity index (χ1) is 15.3. The van der Waals surface area contributed by atoms with E-state index in [2.05, 4.69) is 30.5 Å². The van der Waals surface area contributed by atoms with E-state index < -0.39 is 5.41 Å². The number of hydrogen-bond donors (Lipinski definition) is 1. The van der Waals surface area contributed by atoms with Gasteiger partial charge in [-0.05, 0) is 74.3 Å². The number of fused-ring (bicyclic) bond motifs is 1. The van der Waals surface area contributed by atoms with Crippen molar-refractivity contribution in [1.82, 2.24) is 5.32 Å². The minimum absolute atomic E-state index is 0.0547. The molecule has 0 radical (unpaired) electrons. The lowest BCUT2D eigenvalue weighted by Crippen LogP contribution is -2.53. The summed E-state index contributed by atoms with van der Waals surface area (Å²) in [5, 5.41) is 3.26. The van der Waals surface area contributed by atoms with Crippen molar-refractivity contribution in [2.45, 2.75) is 71.8 Å². The van der Waals surface area contributed by atoms with Crippen LogP contribution in [-0.2, 0) is 32.0 Å². The average molecular weight is 446 g/mol. The zero-order valence-electron chi connectivity index (χ0n) is 20.1. The molecule has 2 aliphatic carbocycles. The van der Waals surface area contributed by atoms with Crippen LogP contribution in [0.15, 0.2) is 28.9 Å². The summed E-state index contributed by atoms with van der Waals surface area (Å²) >= 11 is 0. The molecule has 32 heavy (non-hydrogen) atoms. The van der Waals surface area contributed by atoms with Gasteiger partial charge in [-0.25, -0.2) is 0 Å². The van der Waals surface area contributed by atoms with Crippen LogP contribution in [0, 0.1) is 22.7 Å². The maximum atomic E-state index is 12.8. The Morgan fingerprint density at radius 1 is 1.25 bits per heavy atom. The number of allylic oxidation sites excluding steroid dienone is 1. The second kappa shape index (κ2) is 10.2. The molecule has 3 rings (SSSR count). The molecular formula is C26H39NO5. The number of ether oxygens (including phenoxy) is 2. The third-order valence-corrected chi connectivity index (χ3v) is 8.23. The smallest absolute Gasteiger partial charge is 0.311 e.